The van der Waals surface area contributed by atoms with Crippen LogP contribution in [0.3, 0.4) is 0 Å². The van der Waals surface area contributed by atoms with Gasteiger partial charge in [-0.3, -0.25) is 13.6 Å². The largest absolute Gasteiger partial charge is 0.475 e. The molecule has 0 aromatic rings. The molecule has 0 bridgehead atoms. The van der Waals surface area contributed by atoms with E-state index in [0.29, 0.717) is 13.2 Å². The summed E-state index contributed by atoms with van der Waals surface area (Å²) in [4.78, 5) is 0. The van der Waals surface area contributed by atoms with E-state index in [0.717, 1.165) is 19.3 Å². The number of hydrogen-bond acceptors (Lipinski definition) is 4. The number of phosphoric acid groups is 1. The van der Waals surface area contributed by atoms with Crippen LogP contribution in [0, 0.1) is 0 Å². The smallest absolute Gasteiger partial charge is 0.287 e. The van der Waals surface area contributed by atoms with Crippen molar-refractivity contribution in [1.82, 2.24) is 0 Å². The van der Waals surface area contributed by atoms with Crippen molar-refractivity contribution in [2.24, 2.45) is 0 Å². The van der Waals surface area contributed by atoms with Crippen molar-refractivity contribution in [2.75, 3.05) is 13.2 Å². The summed E-state index contributed by atoms with van der Waals surface area (Å²) >= 11 is 0. The Bertz CT molecular complexity index is 242. The van der Waals surface area contributed by atoms with Gasteiger partial charge in [-0.05, 0) is 33.1 Å². The molecule has 0 fully saturated rings. The number of hydrogen-bond donors (Lipinski definition) is 0. The summed E-state index contributed by atoms with van der Waals surface area (Å²) in [6, 6.07) is 0. The monoisotopic (exact) mass is 234 g/mol. The van der Waals surface area contributed by atoms with Crippen LogP contribution >= 0.6 is 7.82 Å². The second-order valence-electron chi connectivity index (χ2n) is 3.29. The summed E-state index contributed by atoms with van der Waals surface area (Å²) in [6.07, 6.45) is 6.72. The van der Waals surface area contributed by atoms with Crippen LogP contribution in [-0.4, -0.2) is 19.3 Å². The van der Waals surface area contributed by atoms with Crippen molar-refractivity contribution >= 4 is 7.82 Å². The third-order valence-corrected chi connectivity index (χ3v) is 3.78. The van der Waals surface area contributed by atoms with E-state index in [1.165, 1.54) is 0 Å². The Labute approximate surface area is 91.2 Å². The van der Waals surface area contributed by atoms with Crippen molar-refractivity contribution in [3.8, 4) is 0 Å². The van der Waals surface area contributed by atoms with Gasteiger partial charge in [0.1, 0.15) is 0 Å². The lowest BCUT2D eigenvalue weighted by Crippen LogP contribution is -2.14. The van der Waals surface area contributed by atoms with Crippen LogP contribution < -0.4 is 0 Å². The number of allylic oxidation sites excluding steroid dienone is 1. The zero-order valence-electron chi connectivity index (χ0n) is 9.35. The van der Waals surface area contributed by atoms with Crippen molar-refractivity contribution in [3.05, 3.63) is 12.2 Å². The fourth-order valence-electron chi connectivity index (χ4n) is 1.46. The second kappa shape index (κ2) is 6.44. The molecule has 0 aliphatic heterocycles. The number of rotatable bonds is 6. The second-order valence-corrected chi connectivity index (χ2v) is 4.92. The fraction of sp³-hybridized carbons (Fsp3) is 0.800. The van der Waals surface area contributed by atoms with Gasteiger partial charge in [0.2, 0.25) is 0 Å². The van der Waals surface area contributed by atoms with Crippen LogP contribution in [0.5, 0.6) is 0 Å². The van der Waals surface area contributed by atoms with Gasteiger partial charge in [-0.25, -0.2) is 4.57 Å². The first kappa shape index (κ1) is 12.9. The third kappa shape index (κ3) is 4.47. The molecule has 1 rings (SSSR count). The highest BCUT2D eigenvalue weighted by Gasteiger charge is 2.29. The van der Waals surface area contributed by atoms with E-state index in [2.05, 4.69) is 6.08 Å². The van der Waals surface area contributed by atoms with Gasteiger partial charge in [-0.15, -0.1) is 0 Å². The van der Waals surface area contributed by atoms with Gasteiger partial charge in [0.05, 0.1) is 19.3 Å². The van der Waals surface area contributed by atoms with E-state index in [9.17, 15) is 4.57 Å². The van der Waals surface area contributed by atoms with Crippen LogP contribution in [-0.2, 0) is 18.1 Å². The number of phosphoric ester groups is 1. The average Bonchev–Trinajstić information content (AvgIpc) is 2.19. The van der Waals surface area contributed by atoms with Crippen LogP contribution in [0.4, 0.5) is 0 Å². The molecule has 4 nitrogen and oxygen atoms in total. The van der Waals surface area contributed by atoms with Gasteiger partial charge in [-0.1, -0.05) is 12.2 Å². The summed E-state index contributed by atoms with van der Waals surface area (Å²) in [6.45, 7) is 4.21. The molecular weight excluding hydrogens is 215 g/mol. The lowest BCUT2D eigenvalue weighted by Gasteiger charge is -2.23. The van der Waals surface area contributed by atoms with E-state index in [4.69, 9.17) is 13.6 Å². The minimum Gasteiger partial charge on any atom is -0.287 e. The Morgan fingerprint density at radius 3 is 2.40 bits per heavy atom. The standard InChI is InChI=1S/C10H19O4P/c1-3-12-15(11,13-4-2)14-10-8-6-5-7-9-10/h5-6,10H,3-4,7-9H2,1-2H3. The normalized spacial score (nSPS) is 21.9. The molecule has 1 atom stereocenters. The maximum Gasteiger partial charge on any atom is 0.475 e. The molecule has 0 saturated heterocycles. The van der Waals surface area contributed by atoms with E-state index in [-0.39, 0.29) is 6.10 Å². The van der Waals surface area contributed by atoms with Crippen molar-refractivity contribution in [3.63, 3.8) is 0 Å². The van der Waals surface area contributed by atoms with Crippen LogP contribution in [0.25, 0.3) is 0 Å². The van der Waals surface area contributed by atoms with Crippen molar-refractivity contribution in [1.29, 1.82) is 0 Å². The van der Waals surface area contributed by atoms with Crippen molar-refractivity contribution < 1.29 is 18.1 Å². The highest BCUT2D eigenvalue weighted by molar-refractivity contribution is 7.48. The molecule has 1 aliphatic carbocycles. The van der Waals surface area contributed by atoms with Crippen molar-refractivity contribution in [2.45, 2.75) is 39.2 Å². The first-order valence-corrected chi connectivity index (χ1v) is 6.88. The van der Waals surface area contributed by atoms with Gasteiger partial charge in [0.25, 0.3) is 0 Å². The van der Waals surface area contributed by atoms with Gasteiger partial charge < -0.3 is 0 Å². The fourth-order valence-corrected chi connectivity index (χ4v) is 2.84. The summed E-state index contributed by atoms with van der Waals surface area (Å²) in [5.74, 6) is 0. The topological polar surface area (TPSA) is 44.8 Å². The summed E-state index contributed by atoms with van der Waals surface area (Å²) in [7, 11) is -3.32. The van der Waals surface area contributed by atoms with Gasteiger partial charge in [0, 0.05) is 0 Å². The summed E-state index contributed by atoms with van der Waals surface area (Å²) in [5.41, 5.74) is 0. The molecule has 0 N–H and O–H groups in total. The van der Waals surface area contributed by atoms with E-state index in [1.54, 1.807) is 13.8 Å². The quantitative estimate of drug-likeness (QED) is 0.522. The summed E-state index contributed by atoms with van der Waals surface area (Å²) < 4.78 is 27.5. The molecule has 0 spiro atoms. The van der Waals surface area contributed by atoms with Gasteiger partial charge >= 0.3 is 7.82 Å². The van der Waals surface area contributed by atoms with Crippen LogP contribution in [0.15, 0.2) is 12.2 Å². The maximum absolute atomic E-state index is 12.0. The zero-order valence-corrected chi connectivity index (χ0v) is 10.2. The molecule has 1 unspecified atom stereocenters. The maximum atomic E-state index is 12.0. The Morgan fingerprint density at radius 2 is 1.93 bits per heavy atom. The third-order valence-electron chi connectivity index (χ3n) is 2.07. The minimum absolute atomic E-state index is 0.0427. The first-order valence-electron chi connectivity index (χ1n) is 5.42. The Hall–Kier alpha value is -0.150. The summed E-state index contributed by atoms with van der Waals surface area (Å²) in [5, 5.41) is 0. The highest BCUT2D eigenvalue weighted by atomic mass is 31.2. The molecule has 0 heterocycles. The minimum atomic E-state index is -3.32. The van der Waals surface area contributed by atoms with E-state index < -0.39 is 7.82 Å². The molecule has 0 aromatic carbocycles. The Balaban J connectivity index is 2.49. The molecule has 0 amide bonds. The molecule has 0 saturated carbocycles. The zero-order chi connectivity index (χ0) is 11.1. The van der Waals surface area contributed by atoms with E-state index >= 15 is 0 Å². The predicted molar refractivity (Wildman–Crippen MR) is 58.7 cm³/mol. The molecular formula is C10H19O4P. The van der Waals surface area contributed by atoms with E-state index in [1.807, 2.05) is 6.08 Å². The molecule has 15 heavy (non-hydrogen) atoms. The molecule has 0 aromatic heterocycles. The lowest BCUT2D eigenvalue weighted by molar-refractivity contribution is 0.0797. The molecule has 88 valence electrons. The Morgan fingerprint density at radius 1 is 1.27 bits per heavy atom. The van der Waals surface area contributed by atoms with Crippen LogP contribution in [0.1, 0.15) is 33.1 Å². The van der Waals surface area contributed by atoms with Crippen LogP contribution in [0.2, 0.25) is 0 Å². The highest BCUT2D eigenvalue weighted by Crippen LogP contribution is 2.51. The predicted octanol–water partition coefficient (Wildman–Crippen LogP) is 3.29. The van der Waals surface area contributed by atoms with Gasteiger partial charge in [0.15, 0.2) is 0 Å². The Kier molecular flexibility index (Phi) is 5.54. The SMILES string of the molecule is CCOP(=O)(OCC)OC1CC=CCC1. The first-order chi connectivity index (χ1) is 7.20. The molecule has 5 heteroatoms. The lowest BCUT2D eigenvalue weighted by atomic mass is 10.1. The molecule has 1 aliphatic rings. The molecule has 0 radical (unpaired) electrons. The van der Waals surface area contributed by atoms with Gasteiger partial charge in [-0.2, -0.15) is 0 Å². The average molecular weight is 234 g/mol.